The summed E-state index contributed by atoms with van der Waals surface area (Å²) in [7, 11) is 1.82. The monoisotopic (exact) mass is 471 g/mol. The molecule has 1 aliphatic rings. The van der Waals surface area contributed by atoms with Crippen LogP contribution in [-0.4, -0.2) is 71.4 Å². The van der Waals surface area contributed by atoms with Crippen LogP contribution in [0.25, 0.3) is 22.4 Å². The van der Waals surface area contributed by atoms with Crippen molar-refractivity contribution < 1.29 is 9.59 Å². The molecule has 0 unspecified atom stereocenters. The van der Waals surface area contributed by atoms with Crippen LogP contribution < -0.4 is 4.90 Å². The lowest BCUT2D eigenvalue weighted by atomic mass is 10.0. The predicted octanol–water partition coefficient (Wildman–Crippen LogP) is 4.21. The van der Waals surface area contributed by atoms with Crippen LogP contribution in [0.2, 0.25) is 0 Å². The summed E-state index contributed by atoms with van der Waals surface area (Å²) in [5, 5.41) is 0. The number of hydrogen-bond acceptors (Lipinski definition) is 5. The molecule has 1 fully saturated rings. The van der Waals surface area contributed by atoms with Crippen molar-refractivity contribution in [1.29, 1.82) is 0 Å². The number of carbonyl (C=O) groups is 2. The third-order valence-corrected chi connectivity index (χ3v) is 6.27. The standard InChI is InChI=1S/C28H33N5O2/c1-20(2)19-31(4)27(35)25-18-29-28(33-16-14-32(15-17-33)21(3)34)30-26(25)24-12-10-23(11-13-24)22-8-6-5-7-9-22/h5-13,18,20H,14-17,19H2,1-4H3. The van der Waals surface area contributed by atoms with E-state index in [1.54, 1.807) is 18.0 Å². The zero-order valence-electron chi connectivity index (χ0n) is 20.9. The van der Waals surface area contributed by atoms with Gasteiger partial charge in [0, 0.05) is 58.5 Å². The Bertz CT molecular complexity index is 1170. The van der Waals surface area contributed by atoms with Crippen molar-refractivity contribution >= 4 is 17.8 Å². The third kappa shape index (κ3) is 5.67. The van der Waals surface area contributed by atoms with Crippen LogP contribution in [0.15, 0.2) is 60.8 Å². The summed E-state index contributed by atoms with van der Waals surface area (Å²) in [4.78, 5) is 40.2. The quantitative estimate of drug-likeness (QED) is 0.539. The maximum Gasteiger partial charge on any atom is 0.257 e. The summed E-state index contributed by atoms with van der Waals surface area (Å²) in [5.74, 6) is 0.932. The van der Waals surface area contributed by atoms with E-state index in [2.05, 4.69) is 48.0 Å². The molecule has 2 heterocycles. The molecule has 2 amide bonds. The van der Waals surface area contributed by atoms with E-state index in [0.717, 1.165) is 16.7 Å². The normalized spacial score (nSPS) is 13.7. The number of rotatable bonds is 6. The molecule has 4 rings (SSSR count). The number of carbonyl (C=O) groups excluding carboxylic acids is 2. The number of benzene rings is 2. The van der Waals surface area contributed by atoms with E-state index >= 15 is 0 Å². The lowest BCUT2D eigenvalue weighted by Crippen LogP contribution is -2.48. The highest BCUT2D eigenvalue weighted by Gasteiger charge is 2.24. The number of piperazine rings is 1. The fourth-order valence-corrected chi connectivity index (χ4v) is 4.41. The van der Waals surface area contributed by atoms with Gasteiger partial charge in [-0.2, -0.15) is 0 Å². The zero-order chi connectivity index (χ0) is 24.9. The second kappa shape index (κ2) is 10.7. The van der Waals surface area contributed by atoms with Gasteiger partial charge in [-0.3, -0.25) is 9.59 Å². The average Bonchev–Trinajstić information content (AvgIpc) is 2.88. The Labute approximate surface area is 207 Å². The Kier molecular flexibility index (Phi) is 7.44. The van der Waals surface area contributed by atoms with Gasteiger partial charge in [0.05, 0.1) is 11.3 Å². The predicted molar refractivity (Wildman–Crippen MR) is 139 cm³/mol. The highest BCUT2D eigenvalue weighted by molar-refractivity contribution is 5.99. The van der Waals surface area contributed by atoms with E-state index in [4.69, 9.17) is 4.98 Å². The van der Waals surface area contributed by atoms with Gasteiger partial charge >= 0.3 is 0 Å². The molecule has 0 spiro atoms. The van der Waals surface area contributed by atoms with Crippen LogP contribution in [0.5, 0.6) is 0 Å². The molecular formula is C28H33N5O2. The van der Waals surface area contributed by atoms with Crippen molar-refractivity contribution in [3.63, 3.8) is 0 Å². The number of hydrogen-bond donors (Lipinski definition) is 0. The Morgan fingerprint density at radius 3 is 2.11 bits per heavy atom. The van der Waals surface area contributed by atoms with E-state index in [9.17, 15) is 9.59 Å². The molecule has 0 saturated carbocycles. The van der Waals surface area contributed by atoms with Gasteiger partial charge < -0.3 is 14.7 Å². The molecule has 1 saturated heterocycles. The minimum Gasteiger partial charge on any atom is -0.341 e. The molecule has 0 bridgehead atoms. The first-order chi connectivity index (χ1) is 16.8. The van der Waals surface area contributed by atoms with Crippen LogP contribution in [0.3, 0.4) is 0 Å². The number of aromatic nitrogens is 2. The molecule has 1 aliphatic heterocycles. The van der Waals surface area contributed by atoms with Crippen LogP contribution >= 0.6 is 0 Å². The SMILES string of the molecule is CC(=O)N1CCN(c2ncc(C(=O)N(C)CC(C)C)c(-c3ccc(-c4ccccc4)cc3)n2)CC1. The van der Waals surface area contributed by atoms with Gasteiger partial charge in [-0.15, -0.1) is 0 Å². The second-order valence-electron chi connectivity index (χ2n) is 9.45. The first kappa shape index (κ1) is 24.4. The molecule has 182 valence electrons. The maximum atomic E-state index is 13.4. The molecule has 0 N–H and O–H groups in total. The van der Waals surface area contributed by atoms with Gasteiger partial charge in [-0.25, -0.2) is 9.97 Å². The number of nitrogens with zero attached hydrogens (tertiary/aromatic N) is 5. The van der Waals surface area contributed by atoms with Crippen molar-refractivity contribution in [2.24, 2.45) is 5.92 Å². The summed E-state index contributed by atoms with van der Waals surface area (Å²) in [6.45, 7) is 9.02. The smallest absolute Gasteiger partial charge is 0.257 e. The molecule has 7 heteroatoms. The molecule has 0 atom stereocenters. The van der Waals surface area contributed by atoms with Gasteiger partial charge in [0.25, 0.3) is 5.91 Å². The highest BCUT2D eigenvalue weighted by atomic mass is 16.2. The molecule has 3 aromatic rings. The van der Waals surface area contributed by atoms with E-state index < -0.39 is 0 Å². The zero-order valence-corrected chi connectivity index (χ0v) is 20.9. The van der Waals surface area contributed by atoms with Gasteiger partial charge in [-0.1, -0.05) is 68.4 Å². The van der Waals surface area contributed by atoms with Crippen molar-refractivity contribution in [3.8, 4) is 22.4 Å². The first-order valence-corrected chi connectivity index (χ1v) is 12.1. The summed E-state index contributed by atoms with van der Waals surface area (Å²) in [6, 6.07) is 18.3. The summed E-state index contributed by atoms with van der Waals surface area (Å²) < 4.78 is 0. The van der Waals surface area contributed by atoms with Crippen molar-refractivity contribution in [3.05, 3.63) is 66.4 Å². The Hall–Kier alpha value is -3.74. The maximum absolute atomic E-state index is 13.4. The molecule has 7 nitrogen and oxygen atoms in total. The topological polar surface area (TPSA) is 69.6 Å². The van der Waals surface area contributed by atoms with Gasteiger partial charge in [-0.05, 0) is 17.0 Å². The van der Waals surface area contributed by atoms with E-state index in [-0.39, 0.29) is 11.8 Å². The van der Waals surface area contributed by atoms with Crippen LogP contribution in [0, 0.1) is 5.92 Å². The minimum absolute atomic E-state index is 0.0823. The number of amides is 2. The van der Waals surface area contributed by atoms with Crippen LogP contribution in [-0.2, 0) is 4.79 Å². The molecule has 0 aliphatic carbocycles. The van der Waals surface area contributed by atoms with E-state index in [1.807, 2.05) is 42.3 Å². The average molecular weight is 472 g/mol. The van der Waals surface area contributed by atoms with Crippen molar-refractivity contribution in [1.82, 2.24) is 19.8 Å². The van der Waals surface area contributed by atoms with Gasteiger partial charge in [0.1, 0.15) is 0 Å². The highest BCUT2D eigenvalue weighted by Crippen LogP contribution is 2.28. The first-order valence-electron chi connectivity index (χ1n) is 12.1. The van der Waals surface area contributed by atoms with E-state index in [1.165, 1.54) is 0 Å². The summed E-state index contributed by atoms with van der Waals surface area (Å²) in [6.07, 6.45) is 1.65. The minimum atomic E-state index is -0.0891. The third-order valence-electron chi connectivity index (χ3n) is 6.27. The molecular weight excluding hydrogens is 438 g/mol. The van der Waals surface area contributed by atoms with Crippen molar-refractivity contribution in [2.45, 2.75) is 20.8 Å². The van der Waals surface area contributed by atoms with E-state index in [0.29, 0.717) is 55.8 Å². The molecule has 1 aromatic heterocycles. The Balaban J connectivity index is 1.68. The fraction of sp³-hybridized carbons (Fsp3) is 0.357. The van der Waals surface area contributed by atoms with Crippen LogP contribution in [0.1, 0.15) is 31.1 Å². The molecule has 35 heavy (non-hydrogen) atoms. The molecule has 0 radical (unpaired) electrons. The Morgan fingerprint density at radius 2 is 1.51 bits per heavy atom. The summed E-state index contributed by atoms with van der Waals surface area (Å²) in [5.41, 5.74) is 4.24. The van der Waals surface area contributed by atoms with Gasteiger partial charge in [0.2, 0.25) is 11.9 Å². The Morgan fingerprint density at radius 1 is 0.914 bits per heavy atom. The van der Waals surface area contributed by atoms with Gasteiger partial charge in [0.15, 0.2) is 0 Å². The molecule has 2 aromatic carbocycles. The second-order valence-corrected chi connectivity index (χ2v) is 9.45. The number of anilines is 1. The largest absolute Gasteiger partial charge is 0.341 e. The lowest BCUT2D eigenvalue weighted by Gasteiger charge is -2.34. The summed E-state index contributed by atoms with van der Waals surface area (Å²) >= 11 is 0. The van der Waals surface area contributed by atoms with Crippen LogP contribution in [0.4, 0.5) is 5.95 Å². The van der Waals surface area contributed by atoms with Crippen molar-refractivity contribution in [2.75, 3.05) is 44.7 Å². The fourth-order valence-electron chi connectivity index (χ4n) is 4.41. The lowest BCUT2D eigenvalue weighted by molar-refractivity contribution is -0.129.